The van der Waals surface area contributed by atoms with Crippen LogP contribution in [0.1, 0.15) is 105 Å². The normalized spacial score (nSPS) is 39.8. The number of hydrogen-bond acceptors (Lipinski definition) is 0. The van der Waals surface area contributed by atoms with E-state index in [0.717, 1.165) is 48.3 Å². The number of halogens is 1. The Labute approximate surface area is 221 Å². The summed E-state index contributed by atoms with van der Waals surface area (Å²) in [4.78, 5) is 0. The van der Waals surface area contributed by atoms with Gasteiger partial charge in [0.25, 0.3) is 0 Å². The molecule has 194 valence electrons. The first kappa shape index (κ1) is 26.0. The Morgan fingerprint density at radius 1 is 0.914 bits per heavy atom. The summed E-state index contributed by atoms with van der Waals surface area (Å²) in [6.45, 7) is 12.5. The van der Waals surface area contributed by atoms with Crippen LogP contribution in [0.2, 0.25) is 0 Å². The Kier molecular flexibility index (Phi) is 7.65. The van der Waals surface area contributed by atoms with Crippen molar-refractivity contribution < 1.29 is 4.39 Å². The number of benzene rings is 1. The molecular weight excluding hydrogens is 494 g/mol. The van der Waals surface area contributed by atoms with Gasteiger partial charge in [-0.1, -0.05) is 20.3 Å². The second-order valence-corrected chi connectivity index (χ2v) is 16.3. The summed E-state index contributed by atoms with van der Waals surface area (Å²) in [6, 6.07) is 10.7. The zero-order valence-corrected chi connectivity index (χ0v) is 24.7. The second-order valence-electron chi connectivity index (χ2n) is 13.8. The molecule has 35 heavy (non-hydrogen) atoms. The van der Waals surface area contributed by atoms with Crippen LogP contribution < -0.4 is 4.46 Å². The van der Waals surface area contributed by atoms with Crippen LogP contribution in [0.4, 0.5) is 4.39 Å². The molecule has 4 aliphatic carbocycles. The fourth-order valence-corrected chi connectivity index (χ4v) is 11.9. The van der Waals surface area contributed by atoms with Gasteiger partial charge in [0.2, 0.25) is 0 Å². The van der Waals surface area contributed by atoms with E-state index in [-0.39, 0.29) is 26.2 Å². The van der Waals surface area contributed by atoms with Gasteiger partial charge < -0.3 is 0 Å². The van der Waals surface area contributed by atoms with Crippen LogP contribution in [0.3, 0.4) is 0 Å². The fourth-order valence-electron chi connectivity index (χ4n) is 9.67. The molecule has 0 N–H and O–H groups in total. The molecule has 0 amide bonds. The number of hydrogen-bond donors (Lipinski definition) is 0. The topological polar surface area (TPSA) is 0 Å². The molecule has 0 unspecified atom stereocenters. The Bertz CT molecular complexity index is 905. The van der Waals surface area contributed by atoms with Gasteiger partial charge in [-0.15, -0.1) is 0 Å². The summed E-state index contributed by atoms with van der Waals surface area (Å²) < 4.78 is 18.2. The average molecular weight is 544 g/mol. The van der Waals surface area contributed by atoms with Gasteiger partial charge in [-0.05, 0) is 5.92 Å². The van der Waals surface area contributed by atoms with Crippen molar-refractivity contribution in [2.75, 3.05) is 0 Å². The zero-order valence-electron chi connectivity index (χ0n) is 23.0. The maximum absolute atomic E-state index is 15.7. The Morgan fingerprint density at radius 3 is 2.40 bits per heavy atom. The summed E-state index contributed by atoms with van der Waals surface area (Å²) in [5, 5.41) is 0. The minimum atomic E-state index is 0.152. The zero-order chi connectivity index (χ0) is 24.8. The van der Waals surface area contributed by atoms with E-state index in [1.165, 1.54) is 66.7 Å². The molecule has 0 bridgehead atoms. The van der Waals surface area contributed by atoms with E-state index in [0.29, 0.717) is 11.3 Å². The van der Waals surface area contributed by atoms with E-state index < -0.39 is 0 Å². The maximum atomic E-state index is 15.7. The van der Waals surface area contributed by atoms with Crippen molar-refractivity contribution >= 4 is 19.4 Å². The number of allylic oxidation sites excluding steroid dienone is 2. The van der Waals surface area contributed by atoms with Gasteiger partial charge in [-0.25, -0.2) is 0 Å². The van der Waals surface area contributed by atoms with Crippen LogP contribution in [0.5, 0.6) is 0 Å². The molecule has 0 nitrogen and oxygen atoms in total. The molecule has 1 aromatic carbocycles. The third-order valence-electron chi connectivity index (χ3n) is 11.5. The van der Waals surface area contributed by atoms with Gasteiger partial charge in [0.15, 0.2) is 0 Å². The van der Waals surface area contributed by atoms with E-state index in [1.807, 2.05) is 0 Å². The Hall–Kier alpha value is -0.591. The minimum absolute atomic E-state index is 0.152. The van der Waals surface area contributed by atoms with E-state index in [9.17, 15) is 0 Å². The average Bonchev–Trinajstić information content (AvgIpc) is 3.17. The van der Waals surface area contributed by atoms with Crippen molar-refractivity contribution in [1.82, 2.24) is 0 Å². The second kappa shape index (κ2) is 10.3. The molecule has 1 aromatic rings. The predicted molar refractivity (Wildman–Crippen MR) is 148 cm³/mol. The van der Waals surface area contributed by atoms with E-state index in [1.54, 1.807) is 0 Å². The van der Waals surface area contributed by atoms with Crippen molar-refractivity contribution in [3.05, 3.63) is 40.6 Å². The van der Waals surface area contributed by atoms with Crippen LogP contribution >= 0.6 is 0 Å². The summed E-state index contributed by atoms with van der Waals surface area (Å²) in [5.74, 6) is 6.05. The molecule has 0 saturated heterocycles. The molecule has 2 heteroatoms. The summed E-state index contributed by atoms with van der Waals surface area (Å²) in [5.41, 5.74) is 0.720. The van der Waals surface area contributed by atoms with Crippen molar-refractivity contribution in [1.29, 1.82) is 0 Å². The first-order valence-corrected chi connectivity index (χ1v) is 16.5. The standard InChI is InChI=1S/C33H49FSe/c1-22(2)10-9-11-23(3)27-16-17-28-26-15-14-24-20-31(35-25-12-7-6-8-13-25)30(34)21-33(24,5)29(26)18-19-32(27,28)4/h6-8,12-13,22-24,26-29H,9-11,14-21H2,1-5H3/t23-,24+,26+,27-,28+,29+,32-,33+/m1/s1. The number of fused-ring (bicyclic) bond motifs is 5. The van der Waals surface area contributed by atoms with Crippen molar-refractivity contribution in [2.45, 2.75) is 105 Å². The molecule has 5 rings (SSSR count). The van der Waals surface area contributed by atoms with Crippen LogP contribution in [-0.4, -0.2) is 15.0 Å². The quantitative estimate of drug-likeness (QED) is 0.301. The molecular formula is C33H49FSe. The van der Waals surface area contributed by atoms with Crippen LogP contribution in [0.15, 0.2) is 40.6 Å². The predicted octanol–water partition coefficient (Wildman–Crippen LogP) is 8.93. The van der Waals surface area contributed by atoms with Crippen LogP contribution in [0, 0.1) is 52.3 Å². The van der Waals surface area contributed by atoms with Gasteiger partial charge >= 0.3 is 196 Å². The van der Waals surface area contributed by atoms with Gasteiger partial charge in [-0.3, -0.25) is 0 Å². The summed E-state index contributed by atoms with van der Waals surface area (Å²) in [7, 11) is 0. The van der Waals surface area contributed by atoms with Crippen LogP contribution in [-0.2, 0) is 0 Å². The molecule has 0 heterocycles. The number of rotatable bonds is 7. The molecule has 4 aliphatic rings. The fraction of sp³-hybridized carbons (Fsp3) is 0.758. The first-order valence-electron chi connectivity index (χ1n) is 14.8. The molecule has 8 atom stereocenters. The molecule has 3 fully saturated rings. The molecule has 0 spiro atoms. The molecule has 0 radical (unpaired) electrons. The molecule has 3 saturated carbocycles. The Balaban J connectivity index is 1.30. The summed E-state index contributed by atoms with van der Waals surface area (Å²) in [6.07, 6.45) is 14.3. The van der Waals surface area contributed by atoms with Crippen molar-refractivity contribution in [3.63, 3.8) is 0 Å². The van der Waals surface area contributed by atoms with Gasteiger partial charge in [0, 0.05) is 0 Å². The van der Waals surface area contributed by atoms with Gasteiger partial charge in [-0.2, -0.15) is 0 Å². The van der Waals surface area contributed by atoms with Crippen molar-refractivity contribution in [2.24, 2.45) is 52.3 Å². The van der Waals surface area contributed by atoms with Gasteiger partial charge in [0.05, 0.1) is 0 Å². The third-order valence-corrected chi connectivity index (χ3v) is 13.9. The Morgan fingerprint density at radius 2 is 1.66 bits per heavy atom. The van der Waals surface area contributed by atoms with Gasteiger partial charge in [0.1, 0.15) is 0 Å². The van der Waals surface area contributed by atoms with Crippen molar-refractivity contribution in [3.8, 4) is 0 Å². The van der Waals surface area contributed by atoms with E-state index >= 15 is 4.39 Å². The monoisotopic (exact) mass is 544 g/mol. The summed E-state index contributed by atoms with van der Waals surface area (Å²) >= 11 is 0.152. The third kappa shape index (κ3) is 4.85. The van der Waals surface area contributed by atoms with E-state index in [2.05, 4.69) is 65.0 Å². The first-order chi connectivity index (χ1) is 16.7. The van der Waals surface area contributed by atoms with E-state index in [4.69, 9.17) is 0 Å². The molecule has 0 aliphatic heterocycles. The molecule has 0 aromatic heterocycles. The SMILES string of the molecule is CC(C)CCC[C@@H](C)[C@H]1CC[C@H]2[C@@H]3CC[C@H]4CC([Se]c5ccccc5)=C(F)C[C@]4(C)[C@H]3CC[C@]12C. The van der Waals surface area contributed by atoms with Crippen LogP contribution in [0.25, 0.3) is 0 Å².